The van der Waals surface area contributed by atoms with Crippen LogP contribution in [0.5, 0.6) is 5.75 Å². The van der Waals surface area contributed by atoms with Crippen molar-refractivity contribution in [3.05, 3.63) is 52.0 Å². The molecule has 0 atom stereocenters. The average molecular weight is 676 g/mol. The Kier molecular flexibility index (Phi) is 15.1. The fourth-order valence-electron chi connectivity index (χ4n) is 6.17. The van der Waals surface area contributed by atoms with Crippen molar-refractivity contribution in [2.24, 2.45) is 0 Å². The number of hydrogen-bond donors (Lipinski definition) is 0. The molecule has 2 aliphatic rings. The molecular formula is C36H52Cl2N4O4. The summed E-state index contributed by atoms with van der Waals surface area (Å²) in [5.41, 5.74) is 2.85. The molecular weight excluding hydrogens is 623 g/mol. The predicted octanol–water partition coefficient (Wildman–Crippen LogP) is 8.42. The van der Waals surface area contributed by atoms with E-state index in [-0.39, 0.29) is 18.7 Å². The molecule has 8 nitrogen and oxygen atoms in total. The van der Waals surface area contributed by atoms with E-state index in [2.05, 4.69) is 16.7 Å². The number of anilines is 2. The highest BCUT2D eigenvalue weighted by atomic mass is 35.5. The number of hydrogen-bond acceptors (Lipinski definition) is 6. The monoisotopic (exact) mass is 674 g/mol. The lowest BCUT2D eigenvalue weighted by atomic mass is 10.0. The van der Waals surface area contributed by atoms with Gasteiger partial charge in [-0.1, -0.05) is 80.8 Å². The fraction of sp³-hybridized carbons (Fsp3) is 0.611. The van der Waals surface area contributed by atoms with Crippen LogP contribution in [-0.2, 0) is 16.0 Å². The summed E-state index contributed by atoms with van der Waals surface area (Å²) in [4.78, 5) is 33.8. The van der Waals surface area contributed by atoms with Gasteiger partial charge in [0.1, 0.15) is 5.75 Å². The molecule has 0 saturated carbocycles. The van der Waals surface area contributed by atoms with E-state index in [1.54, 1.807) is 9.80 Å². The molecule has 0 bridgehead atoms. The summed E-state index contributed by atoms with van der Waals surface area (Å²) in [5.74, 6) is 0.691. The zero-order chi connectivity index (χ0) is 32.7. The third-order valence-corrected chi connectivity index (χ3v) is 9.84. The number of rotatable bonds is 18. The summed E-state index contributed by atoms with van der Waals surface area (Å²) in [6.45, 7) is 10.8. The summed E-state index contributed by atoms with van der Waals surface area (Å²) >= 11 is 12.6. The van der Waals surface area contributed by atoms with Crippen molar-refractivity contribution in [1.29, 1.82) is 0 Å². The van der Waals surface area contributed by atoms with Gasteiger partial charge in [0.2, 0.25) is 5.91 Å². The van der Waals surface area contributed by atoms with Crippen molar-refractivity contribution >= 4 is 46.6 Å². The third kappa shape index (κ3) is 10.7. The van der Waals surface area contributed by atoms with Crippen LogP contribution in [-0.4, -0.2) is 81.0 Å². The molecule has 46 heavy (non-hydrogen) atoms. The quantitative estimate of drug-likeness (QED) is 0.148. The van der Waals surface area contributed by atoms with Gasteiger partial charge < -0.3 is 19.3 Å². The van der Waals surface area contributed by atoms with Gasteiger partial charge in [-0.25, -0.2) is 4.79 Å². The number of fused-ring (bicyclic) bond motifs is 1. The van der Waals surface area contributed by atoms with Crippen LogP contribution in [0.4, 0.5) is 16.2 Å². The van der Waals surface area contributed by atoms with Gasteiger partial charge in [-0.3, -0.25) is 14.6 Å². The summed E-state index contributed by atoms with van der Waals surface area (Å²) in [7, 11) is 0. The number of benzene rings is 2. The number of ether oxygens (including phenoxy) is 2. The Hall–Kier alpha value is -2.68. The SMILES string of the molecule is CCCCCCCCCN(CC)C(=O)OCN1C(=O)CCc2ccc(OCCCCN3CCN(c4cccc(Cl)c4Cl)CC3)cc21. The molecule has 0 N–H and O–H groups in total. The van der Waals surface area contributed by atoms with Gasteiger partial charge >= 0.3 is 6.09 Å². The van der Waals surface area contributed by atoms with Gasteiger partial charge in [0, 0.05) is 51.8 Å². The normalized spacial score (nSPS) is 15.2. The van der Waals surface area contributed by atoms with Crippen molar-refractivity contribution < 1.29 is 19.1 Å². The van der Waals surface area contributed by atoms with E-state index in [0.717, 1.165) is 81.1 Å². The van der Waals surface area contributed by atoms with Crippen LogP contribution in [0.1, 0.15) is 83.6 Å². The first-order valence-electron chi connectivity index (χ1n) is 17.3. The van der Waals surface area contributed by atoms with Gasteiger partial charge in [0.25, 0.3) is 0 Å². The Morgan fingerprint density at radius 1 is 0.870 bits per heavy atom. The van der Waals surface area contributed by atoms with Crippen LogP contribution < -0.4 is 14.5 Å². The van der Waals surface area contributed by atoms with Gasteiger partial charge in [0.05, 0.1) is 28.0 Å². The first-order valence-corrected chi connectivity index (χ1v) is 18.1. The van der Waals surface area contributed by atoms with Crippen molar-refractivity contribution in [2.45, 2.75) is 84.5 Å². The van der Waals surface area contributed by atoms with Gasteiger partial charge in [-0.2, -0.15) is 0 Å². The smallest absolute Gasteiger partial charge is 0.411 e. The molecule has 0 unspecified atom stereocenters. The highest BCUT2D eigenvalue weighted by Crippen LogP contribution is 2.33. The highest BCUT2D eigenvalue weighted by molar-refractivity contribution is 6.43. The molecule has 0 radical (unpaired) electrons. The van der Waals surface area contributed by atoms with Crippen molar-refractivity contribution in [2.75, 3.05) is 69.0 Å². The van der Waals surface area contributed by atoms with Gasteiger partial charge in [0.15, 0.2) is 6.73 Å². The van der Waals surface area contributed by atoms with E-state index < -0.39 is 0 Å². The predicted molar refractivity (Wildman–Crippen MR) is 189 cm³/mol. The summed E-state index contributed by atoms with van der Waals surface area (Å²) < 4.78 is 11.8. The Labute approximate surface area is 285 Å². The van der Waals surface area contributed by atoms with Crippen LogP contribution in [0.25, 0.3) is 0 Å². The van der Waals surface area contributed by atoms with E-state index >= 15 is 0 Å². The second-order valence-corrected chi connectivity index (χ2v) is 13.1. The van der Waals surface area contributed by atoms with E-state index in [1.807, 2.05) is 43.3 Å². The molecule has 0 aliphatic carbocycles. The van der Waals surface area contributed by atoms with E-state index in [1.165, 1.54) is 32.1 Å². The zero-order valence-corrected chi connectivity index (χ0v) is 29.3. The van der Waals surface area contributed by atoms with E-state index in [0.29, 0.717) is 42.6 Å². The van der Waals surface area contributed by atoms with E-state index in [4.69, 9.17) is 32.7 Å². The largest absolute Gasteiger partial charge is 0.494 e. The molecule has 254 valence electrons. The van der Waals surface area contributed by atoms with Gasteiger partial charge in [-0.15, -0.1) is 0 Å². The number of halogens is 2. The summed E-state index contributed by atoms with van der Waals surface area (Å²) in [6.07, 6.45) is 11.1. The highest BCUT2D eigenvalue weighted by Gasteiger charge is 2.27. The maximum absolute atomic E-state index is 12.9. The Balaban J connectivity index is 1.17. The second kappa shape index (κ2) is 19.2. The van der Waals surface area contributed by atoms with Crippen molar-refractivity contribution in [3.63, 3.8) is 0 Å². The summed E-state index contributed by atoms with van der Waals surface area (Å²) in [5, 5.41) is 1.22. The van der Waals surface area contributed by atoms with Crippen LogP contribution in [0.3, 0.4) is 0 Å². The molecule has 4 rings (SSSR count). The number of carbonyl (C=O) groups is 2. The lowest BCUT2D eigenvalue weighted by Crippen LogP contribution is -2.46. The van der Waals surface area contributed by atoms with Crippen LogP contribution in [0.2, 0.25) is 10.0 Å². The molecule has 2 aromatic rings. The average Bonchev–Trinajstić information content (AvgIpc) is 3.07. The first kappa shape index (κ1) is 36.2. The lowest BCUT2D eigenvalue weighted by Gasteiger charge is -2.36. The zero-order valence-electron chi connectivity index (χ0n) is 27.8. The molecule has 0 aromatic heterocycles. The number of carbonyl (C=O) groups excluding carboxylic acids is 2. The minimum absolute atomic E-state index is 0.0368. The molecule has 2 amide bonds. The van der Waals surface area contributed by atoms with Crippen LogP contribution in [0, 0.1) is 0 Å². The minimum atomic E-state index is -0.365. The first-order chi connectivity index (χ1) is 22.4. The third-order valence-electron chi connectivity index (χ3n) is 9.03. The van der Waals surface area contributed by atoms with Crippen molar-refractivity contribution in [1.82, 2.24) is 9.80 Å². The lowest BCUT2D eigenvalue weighted by molar-refractivity contribution is -0.119. The number of aryl methyl sites for hydroxylation is 1. The fourth-order valence-corrected chi connectivity index (χ4v) is 6.59. The van der Waals surface area contributed by atoms with Crippen LogP contribution >= 0.6 is 23.2 Å². The number of amides is 2. The molecule has 0 spiro atoms. The topological polar surface area (TPSA) is 65.6 Å². The van der Waals surface area contributed by atoms with Crippen molar-refractivity contribution in [3.8, 4) is 5.75 Å². The molecule has 1 fully saturated rings. The van der Waals surface area contributed by atoms with Gasteiger partial charge in [-0.05, 0) is 62.9 Å². The number of nitrogens with zero attached hydrogens (tertiary/aromatic N) is 4. The molecule has 2 heterocycles. The molecule has 2 aromatic carbocycles. The standard InChI is InChI=1S/C36H52Cl2N4O4/c1-3-5-6-7-8-9-10-21-40(4-2)36(44)46-28-42-33-27-30(18-16-29(33)17-19-34(42)43)45-26-12-11-20-39-22-24-41(25-23-39)32-15-13-14-31(37)35(32)38/h13-16,18,27H,3-12,17,19-26,28H2,1-2H3. The minimum Gasteiger partial charge on any atom is -0.494 e. The Morgan fingerprint density at radius 3 is 2.39 bits per heavy atom. The Bertz CT molecular complexity index is 1250. The maximum atomic E-state index is 12.9. The number of unbranched alkanes of at least 4 members (excludes halogenated alkanes) is 7. The van der Waals surface area contributed by atoms with Crippen LogP contribution in [0.15, 0.2) is 36.4 Å². The molecule has 1 saturated heterocycles. The maximum Gasteiger partial charge on any atom is 0.411 e. The molecule has 2 aliphatic heterocycles. The summed E-state index contributed by atoms with van der Waals surface area (Å²) in [6, 6.07) is 11.7. The van der Waals surface area contributed by atoms with E-state index in [9.17, 15) is 9.59 Å². The Morgan fingerprint density at radius 2 is 1.63 bits per heavy atom. The number of piperazine rings is 1. The molecule has 10 heteroatoms. The second-order valence-electron chi connectivity index (χ2n) is 12.3.